The maximum atomic E-state index is 13.1. The summed E-state index contributed by atoms with van der Waals surface area (Å²) < 4.78 is 13.1. The van der Waals surface area contributed by atoms with Gasteiger partial charge in [-0.3, -0.25) is 9.69 Å². The highest BCUT2D eigenvalue weighted by atomic mass is 35.5. The fraction of sp³-hybridized carbons (Fsp3) is 0.500. The molecule has 104 valence electrons. The van der Waals surface area contributed by atoms with E-state index in [1.165, 1.54) is 6.07 Å². The summed E-state index contributed by atoms with van der Waals surface area (Å²) in [4.78, 5) is 13.0. The van der Waals surface area contributed by atoms with E-state index in [0.29, 0.717) is 6.54 Å². The van der Waals surface area contributed by atoms with Crippen LogP contribution >= 0.6 is 11.6 Å². The molecule has 1 atom stereocenters. The van der Waals surface area contributed by atoms with E-state index in [2.05, 4.69) is 4.90 Å². The summed E-state index contributed by atoms with van der Waals surface area (Å²) in [6, 6.07) is 4.74. The maximum absolute atomic E-state index is 13.1. The average molecular weight is 286 g/mol. The van der Waals surface area contributed by atoms with Crippen molar-refractivity contribution in [2.24, 2.45) is 0 Å². The summed E-state index contributed by atoms with van der Waals surface area (Å²) >= 11 is 5.76. The second-order valence-electron chi connectivity index (χ2n) is 4.97. The largest absolute Gasteiger partial charge is 0.481 e. The Hall–Kier alpha value is -1.13. The van der Waals surface area contributed by atoms with Crippen LogP contribution in [0.5, 0.6) is 0 Å². The number of carboxylic acid groups (broad SMARTS) is 1. The topological polar surface area (TPSA) is 40.5 Å². The number of benzene rings is 1. The molecule has 1 heterocycles. The first-order valence-electron chi connectivity index (χ1n) is 6.46. The number of rotatable bonds is 4. The number of nitrogens with zero attached hydrogens (tertiary/aromatic N) is 1. The van der Waals surface area contributed by atoms with Crippen molar-refractivity contribution in [1.82, 2.24) is 4.90 Å². The van der Waals surface area contributed by atoms with Crippen LogP contribution in [0, 0.1) is 5.82 Å². The summed E-state index contributed by atoms with van der Waals surface area (Å²) in [5, 5.41) is 9.05. The molecule has 0 saturated carbocycles. The van der Waals surface area contributed by atoms with Crippen molar-refractivity contribution in [2.45, 2.75) is 38.3 Å². The van der Waals surface area contributed by atoms with Gasteiger partial charge in [-0.15, -0.1) is 0 Å². The molecule has 0 radical (unpaired) electrons. The molecular formula is C14H17ClFNO2. The van der Waals surface area contributed by atoms with Gasteiger partial charge in [0.05, 0.1) is 11.4 Å². The van der Waals surface area contributed by atoms with Crippen LogP contribution in [0.4, 0.5) is 4.39 Å². The van der Waals surface area contributed by atoms with E-state index in [1.54, 1.807) is 12.1 Å². The second kappa shape index (κ2) is 6.35. The molecule has 1 fully saturated rings. The standard InChI is InChI=1S/C14H17ClFNO2/c15-12-7-10(4-5-13(12)16)9-17-6-2-1-3-11(17)8-14(18)19/h4-5,7,11H,1-3,6,8-9H2,(H,18,19). The highest BCUT2D eigenvalue weighted by Crippen LogP contribution is 2.23. The molecule has 1 aromatic rings. The number of carboxylic acids is 1. The third-order valence-corrected chi connectivity index (χ3v) is 3.82. The molecular weight excluding hydrogens is 269 g/mol. The molecule has 1 aromatic carbocycles. The summed E-state index contributed by atoms with van der Waals surface area (Å²) in [5.74, 6) is -1.19. The Kier molecular flexibility index (Phi) is 4.77. The number of piperidine rings is 1. The molecule has 1 N–H and O–H groups in total. The van der Waals surface area contributed by atoms with Gasteiger partial charge in [-0.05, 0) is 37.1 Å². The molecule has 1 saturated heterocycles. The molecule has 1 aliphatic heterocycles. The van der Waals surface area contributed by atoms with E-state index in [4.69, 9.17) is 16.7 Å². The Morgan fingerprint density at radius 2 is 2.26 bits per heavy atom. The zero-order valence-corrected chi connectivity index (χ0v) is 11.4. The first-order chi connectivity index (χ1) is 9.06. The predicted molar refractivity (Wildman–Crippen MR) is 71.7 cm³/mol. The SMILES string of the molecule is O=C(O)CC1CCCCN1Cc1ccc(F)c(Cl)c1. The summed E-state index contributed by atoms with van der Waals surface area (Å²) in [7, 11) is 0. The van der Waals surface area contributed by atoms with E-state index in [-0.39, 0.29) is 17.5 Å². The van der Waals surface area contributed by atoms with Crippen molar-refractivity contribution in [3.63, 3.8) is 0 Å². The Morgan fingerprint density at radius 1 is 1.47 bits per heavy atom. The predicted octanol–water partition coefficient (Wildman–Crippen LogP) is 3.31. The molecule has 0 aromatic heterocycles. The monoisotopic (exact) mass is 285 g/mol. The van der Waals surface area contributed by atoms with Crippen molar-refractivity contribution in [3.05, 3.63) is 34.6 Å². The van der Waals surface area contributed by atoms with Gasteiger partial charge in [0.15, 0.2) is 0 Å². The van der Waals surface area contributed by atoms with E-state index in [9.17, 15) is 9.18 Å². The summed E-state index contributed by atoms with van der Waals surface area (Å²) in [6.07, 6.45) is 3.21. The molecule has 0 amide bonds. The second-order valence-corrected chi connectivity index (χ2v) is 5.37. The maximum Gasteiger partial charge on any atom is 0.304 e. The van der Waals surface area contributed by atoms with Crippen molar-refractivity contribution >= 4 is 17.6 Å². The number of hydrogen-bond acceptors (Lipinski definition) is 2. The fourth-order valence-corrected chi connectivity index (χ4v) is 2.78. The molecule has 1 unspecified atom stereocenters. The third kappa shape index (κ3) is 3.91. The van der Waals surface area contributed by atoms with Gasteiger partial charge in [-0.2, -0.15) is 0 Å². The molecule has 2 rings (SSSR count). The van der Waals surface area contributed by atoms with Crippen LogP contribution in [-0.4, -0.2) is 28.6 Å². The highest BCUT2D eigenvalue weighted by molar-refractivity contribution is 6.30. The van der Waals surface area contributed by atoms with Gasteiger partial charge >= 0.3 is 5.97 Å². The van der Waals surface area contributed by atoms with Crippen molar-refractivity contribution in [2.75, 3.05) is 6.54 Å². The van der Waals surface area contributed by atoms with E-state index < -0.39 is 11.8 Å². The number of hydrogen-bond donors (Lipinski definition) is 1. The molecule has 3 nitrogen and oxygen atoms in total. The molecule has 5 heteroatoms. The normalized spacial score (nSPS) is 20.4. The number of likely N-dealkylation sites (tertiary alicyclic amines) is 1. The Balaban J connectivity index is 2.06. The van der Waals surface area contributed by atoms with Crippen molar-refractivity contribution in [3.8, 4) is 0 Å². The van der Waals surface area contributed by atoms with Gasteiger partial charge in [-0.1, -0.05) is 24.1 Å². The van der Waals surface area contributed by atoms with E-state index >= 15 is 0 Å². The lowest BCUT2D eigenvalue weighted by molar-refractivity contribution is -0.138. The smallest absolute Gasteiger partial charge is 0.304 e. The van der Waals surface area contributed by atoms with Gasteiger partial charge in [0.2, 0.25) is 0 Å². The zero-order valence-electron chi connectivity index (χ0n) is 10.6. The lowest BCUT2D eigenvalue weighted by Crippen LogP contribution is -2.40. The first kappa shape index (κ1) is 14.3. The van der Waals surface area contributed by atoms with Crippen LogP contribution < -0.4 is 0 Å². The van der Waals surface area contributed by atoms with Gasteiger partial charge in [0, 0.05) is 12.6 Å². The molecule has 19 heavy (non-hydrogen) atoms. The van der Waals surface area contributed by atoms with Crippen LogP contribution in [0.1, 0.15) is 31.2 Å². The van der Waals surface area contributed by atoms with Gasteiger partial charge in [0.1, 0.15) is 5.82 Å². The molecule has 0 bridgehead atoms. The fourth-order valence-electron chi connectivity index (χ4n) is 2.57. The summed E-state index contributed by atoms with van der Waals surface area (Å²) in [5.41, 5.74) is 0.920. The third-order valence-electron chi connectivity index (χ3n) is 3.53. The lowest BCUT2D eigenvalue weighted by atomic mass is 9.98. The molecule has 0 aliphatic carbocycles. The van der Waals surface area contributed by atoms with Crippen LogP contribution in [0.2, 0.25) is 5.02 Å². The Morgan fingerprint density at radius 3 is 2.95 bits per heavy atom. The van der Waals surface area contributed by atoms with Crippen molar-refractivity contribution < 1.29 is 14.3 Å². The number of aliphatic carboxylic acids is 1. The minimum absolute atomic E-state index is 0.0649. The van der Waals surface area contributed by atoms with Crippen LogP contribution in [0.3, 0.4) is 0 Å². The Bertz CT molecular complexity index is 467. The van der Waals surface area contributed by atoms with Crippen LogP contribution in [-0.2, 0) is 11.3 Å². The zero-order chi connectivity index (χ0) is 13.8. The first-order valence-corrected chi connectivity index (χ1v) is 6.84. The highest BCUT2D eigenvalue weighted by Gasteiger charge is 2.24. The summed E-state index contributed by atoms with van der Waals surface area (Å²) in [6.45, 7) is 1.50. The van der Waals surface area contributed by atoms with Gasteiger partial charge in [0.25, 0.3) is 0 Å². The van der Waals surface area contributed by atoms with Crippen LogP contribution in [0.25, 0.3) is 0 Å². The number of carbonyl (C=O) groups is 1. The van der Waals surface area contributed by atoms with Crippen molar-refractivity contribution in [1.29, 1.82) is 0 Å². The molecule has 1 aliphatic rings. The number of halogens is 2. The quantitative estimate of drug-likeness (QED) is 0.923. The molecule has 0 spiro atoms. The average Bonchev–Trinajstić information content (AvgIpc) is 2.36. The lowest BCUT2D eigenvalue weighted by Gasteiger charge is -2.35. The van der Waals surface area contributed by atoms with E-state index in [0.717, 1.165) is 31.4 Å². The Labute approximate surface area is 117 Å². The van der Waals surface area contributed by atoms with Gasteiger partial charge < -0.3 is 5.11 Å². The minimum atomic E-state index is -0.769. The van der Waals surface area contributed by atoms with Gasteiger partial charge in [-0.25, -0.2) is 4.39 Å². The minimum Gasteiger partial charge on any atom is -0.481 e. The van der Waals surface area contributed by atoms with Crippen LogP contribution in [0.15, 0.2) is 18.2 Å². The van der Waals surface area contributed by atoms with E-state index in [1.807, 2.05) is 0 Å².